The average Bonchev–Trinajstić information content (AvgIpc) is 2.66. The maximum absolute atomic E-state index is 11.8. The molecule has 0 spiro atoms. The van der Waals surface area contributed by atoms with Crippen molar-refractivity contribution in [2.45, 2.75) is 38.2 Å². The summed E-state index contributed by atoms with van der Waals surface area (Å²) in [6.07, 6.45) is 3.72. The molecule has 0 bridgehead atoms. The first-order valence-corrected chi connectivity index (χ1v) is 8.76. The van der Waals surface area contributed by atoms with Gasteiger partial charge in [-0.1, -0.05) is 11.8 Å². The zero-order valence-electron chi connectivity index (χ0n) is 15.0. The first-order chi connectivity index (χ1) is 12.5. The topological polar surface area (TPSA) is 81.5 Å². The van der Waals surface area contributed by atoms with Gasteiger partial charge < -0.3 is 14.6 Å². The summed E-state index contributed by atoms with van der Waals surface area (Å²) in [5.41, 5.74) is 0.950. The Morgan fingerprint density at radius 3 is 2.81 bits per heavy atom. The van der Waals surface area contributed by atoms with Gasteiger partial charge in [-0.05, 0) is 44.7 Å². The van der Waals surface area contributed by atoms with Crippen molar-refractivity contribution in [2.24, 2.45) is 5.92 Å². The van der Waals surface area contributed by atoms with Gasteiger partial charge in [-0.2, -0.15) is 0 Å². The predicted octanol–water partition coefficient (Wildman–Crippen LogP) is 2.47. The van der Waals surface area contributed by atoms with Crippen molar-refractivity contribution in [3.05, 3.63) is 30.0 Å². The number of esters is 1. The number of hydrogen-bond acceptors (Lipinski definition) is 6. The number of carbonyl (C=O) groups is 1. The van der Waals surface area contributed by atoms with E-state index in [1.54, 1.807) is 32.4 Å². The number of rotatable bonds is 3. The molecule has 0 aromatic carbocycles. The van der Waals surface area contributed by atoms with Crippen LogP contribution in [0.25, 0.3) is 11.0 Å². The van der Waals surface area contributed by atoms with Crippen molar-refractivity contribution < 1.29 is 19.4 Å². The molecule has 2 heterocycles. The van der Waals surface area contributed by atoms with Gasteiger partial charge in [-0.3, -0.25) is 9.78 Å². The Bertz CT molecular complexity index is 861. The normalized spacial score (nSPS) is 22.3. The van der Waals surface area contributed by atoms with E-state index in [1.807, 2.05) is 6.07 Å². The second-order valence-electron chi connectivity index (χ2n) is 6.39. The maximum atomic E-state index is 11.8. The van der Waals surface area contributed by atoms with Crippen LogP contribution in [0.4, 0.5) is 0 Å². The van der Waals surface area contributed by atoms with Gasteiger partial charge in [-0.25, -0.2) is 4.98 Å². The van der Waals surface area contributed by atoms with Crippen LogP contribution in [0, 0.1) is 17.8 Å². The number of aliphatic hydroxyl groups is 1. The molecule has 1 N–H and O–H groups in total. The third-order valence-electron chi connectivity index (χ3n) is 4.63. The van der Waals surface area contributed by atoms with Crippen LogP contribution >= 0.6 is 0 Å². The molecule has 1 aliphatic rings. The third-order valence-corrected chi connectivity index (χ3v) is 4.63. The maximum Gasteiger partial charge on any atom is 0.308 e. The van der Waals surface area contributed by atoms with Crippen LogP contribution in [-0.2, 0) is 9.53 Å². The smallest absolute Gasteiger partial charge is 0.308 e. The van der Waals surface area contributed by atoms with E-state index in [0.717, 1.165) is 5.52 Å². The van der Waals surface area contributed by atoms with E-state index in [1.165, 1.54) is 0 Å². The monoisotopic (exact) mass is 354 g/mol. The van der Waals surface area contributed by atoms with Gasteiger partial charge >= 0.3 is 5.97 Å². The number of pyridine rings is 2. The molecule has 1 fully saturated rings. The van der Waals surface area contributed by atoms with Crippen LogP contribution in [0.5, 0.6) is 5.88 Å². The summed E-state index contributed by atoms with van der Waals surface area (Å²) in [7, 11) is 1.56. The average molecular weight is 354 g/mol. The molecule has 3 rings (SSSR count). The quantitative estimate of drug-likeness (QED) is 0.674. The van der Waals surface area contributed by atoms with Gasteiger partial charge in [0.15, 0.2) is 0 Å². The van der Waals surface area contributed by atoms with Gasteiger partial charge in [0.05, 0.1) is 30.7 Å². The largest absolute Gasteiger partial charge is 0.481 e. The van der Waals surface area contributed by atoms with E-state index in [9.17, 15) is 9.90 Å². The molecule has 2 aromatic heterocycles. The molecular formula is C20H22N2O4. The molecule has 136 valence electrons. The van der Waals surface area contributed by atoms with Gasteiger partial charge in [0.2, 0.25) is 5.88 Å². The van der Waals surface area contributed by atoms with Crippen LogP contribution in [0.1, 0.15) is 38.2 Å². The fraction of sp³-hybridized carbons (Fsp3) is 0.450. The zero-order valence-corrected chi connectivity index (χ0v) is 15.0. The summed E-state index contributed by atoms with van der Waals surface area (Å²) in [5, 5.41) is 10.7. The molecule has 0 amide bonds. The number of aromatic nitrogens is 2. The Balaban J connectivity index is 1.79. The molecule has 0 unspecified atom stereocenters. The van der Waals surface area contributed by atoms with Gasteiger partial charge in [0.1, 0.15) is 11.1 Å². The molecular weight excluding hydrogens is 332 g/mol. The van der Waals surface area contributed by atoms with E-state index >= 15 is 0 Å². The summed E-state index contributed by atoms with van der Waals surface area (Å²) in [6.45, 7) is 2.18. The predicted molar refractivity (Wildman–Crippen MR) is 96.5 cm³/mol. The lowest BCUT2D eigenvalue weighted by Crippen LogP contribution is -2.35. The van der Waals surface area contributed by atoms with E-state index in [0.29, 0.717) is 49.3 Å². The van der Waals surface area contributed by atoms with Crippen molar-refractivity contribution in [1.82, 2.24) is 9.97 Å². The standard InChI is InChI=1S/C20H22N2O4/c1-3-26-19(23)15-7-11-20(24,12-8-15)10-6-14-9-13-21-16-4-5-17(25-2)22-18(14)16/h4-5,9,13,15,24H,3,7-8,11-12H2,1-2H3. The lowest BCUT2D eigenvalue weighted by Gasteiger charge is -2.31. The third kappa shape index (κ3) is 3.94. The Morgan fingerprint density at radius 2 is 2.12 bits per heavy atom. The van der Waals surface area contributed by atoms with E-state index in [2.05, 4.69) is 21.8 Å². The second-order valence-corrected chi connectivity index (χ2v) is 6.39. The van der Waals surface area contributed by atoms with Gasteiger partial charge in [-0.15, -0.1) is 0 Å². The van der Waals surface area contributed by atoms with E-state index in [4.69, 9.17) is 9.47 Å². The molecule has 1 saturated carbocycles. The summed E-state index contributed by atoms with van der Waals surface area (Å²) < 4.78 is 10.2. The van der Waals surface area contributed by atoms with Crippen LogP contribution in [-0.4, -0.2) is 40.4 Å². The Labute approximate surface area is 152 Å². The van der Waals surface area contributed by atoms with Crippen molar-refractivity contribution in [3.8, 4) is 17.7 Å². The highest BCUT2D eigenvalue weighted by Gasteiger charge is 2.35. The van der Waals surface area contributed by atoms with Crippen molar-refractivity contribution in [1.29, 1.82) is 0 Å². The number of nitrogens with zero attached hydrogens (tertiary/aromatic N) is 2. The molecule has 0 aliphatic heterocycles. The van der Waals surface area contributed by atoms with E-state index < -0.39 is 5.60 Å². The molecule has 1 aliphatic carbocycles. The Morgan fingerprint density at radius 1 is 1.35 bits per heavy atom. The Kier molecular flexibility index (Phi) is 5.38. The minimum Gasteiger partial charge on any atom is -0.481 e. The van der Waals surface area contributed by atoms with Crippen LogP contribution in [0.15, 0.2) is 24.4 Å². The minimum absolute atomic E-state index is 0.148. The highest BCUT2D eigenvalue weighted by atomic mass is 16.5. The molecule has 2 aromatic rings. The molecule has 0 atom stereocenters. The molecule has 0 radical (unpaired) electrons. The van der Waals surface area contributed by atoms with Crippen LogP contribution in [0.3, 0.4) is 0 Å². The fourth-order valence-corrected chi connectivity index (χ4v) is 3.12. The first kappa shape index (κ1) is 18.2. The number of methoxy groups -OCH3 is 1. The zero-order chi connectivity index (χ0) is 18.6. The molecule has 0 saturated heterocycles. The molecule has 6 heteroatoms. The summed E-state index contributed by atoms with van der Waals surface area (Å²) in [6, 6.07) is 5.34. The number of ether oxygens (including phenoxy) is 2. The van der Waals surface area contributed by atoms with E-state index in [-0.39, 0.29) is 11.9 Å². The lowest BCUT2D eigenvalue weighted by molar-refractivity contribution is -0.150. The number of hydrogen-bond donors (Lipinski definition) is 1. The van der Waals surface area contributed by atoms with Gasteiger partial charge in [0, 0.05) is 12.3 Å². The first-order valence-electron chi connectivity index (χ1n) is 8.76. The summed E-state index contributed by atoms with van der Waals surface area (Å²) >= 11 is 0. The fourth-order valence-electron chi connectivity index (χ4n) is 3.12. The molecule has 26 heavy (non-hydrogen) atoms. The summed E-state index contributed by atoms with van der Waals surface area (Å²) in [4.78, 5) is 20.5. The van der Waals surface area contributed by atoms with Gasteiger partial charge in [0.25, 0.3) is 0 Å². The second kappa shape index (κ2) is 7.71. The minimum atomic E-state index is -1.10. The number of carbonyl (C=O) groups excluding carboxylic acids is 1. The molecule has 6 nitrogen and oxygen atoms in total. The van der Waals surface area contributed by atoms with Crippen LogP contribution < -0.4 is 4.74 Å². The Hall–Kier alpha value is -2.65. The summed E-state index contributed by atoms with van der Waals surface area (Å²) in [5.74, 6) is 6.18. The van der Waals surface area contributed by atoms with Crippen molar-refractivity contribution in [3.63, 3.8) is 0 Å². The highest BCUT2D eigenvalue weighted by molar-refractivity contribution is 5.81. The SMILES string of the molecule is CCOC(=O)C1CCC(O)(C#Cc2ccnc3ccc(OC)nc23)CC1. The lowest BCUT2D eigenvalue weighted by atomic mass is 9.79. The highest BCUT2D eigenvalue weighted by Crippen LogP contribution is 2.32. The number of fused-ring (bicyclic) bond motifs is 1. The van der Waals surface area contributed by atoms with Crippen LogP contribution in [0.2, 0.25) is 0 Å². The van der Waals surface area contributed by atoms with Crippen molar-refractivity contribution in [2.75, 3.05) is 13.7 Å². The van der Waals surface area contributed by atoms with Crippen molar-refractivity contribution >= 4 is 17.0 Å².